The van der Waals surface area contributed by atoms with Gasteiger partial charge in [-0.3, -0.25) is 14.2 Å². The molecule has 1 atom stereocenters. The number of unbranched alkanes of at least 4 members (excludes halogenated alkanes) is 2. The molecule has 180 valence electrons. The zero-order valence-corrected chi connectivity index (χ0v) is 20.6. The van der Waals surface area contributed by atoms with Crippen molar-refractivity contribution in [1.29, 1.82) is 0 Å². The van der Waals surface area contributed by atoms with Gasteiger partial charge in [-0.15, -0.1) is 0 Å². The summed E-state index contributed by atoms with van der Waals surface area (Å²) in [7, 11) is 0. The second-order valence-electron chi connectivity index (χ2n) is 8.88. The maximum absolute atomic E-state index is 13.5. The topological polar surface area (TPSA) is 70.4 Å². The Morgan fingerprint density at radius 2 is 1.68 bits per heavy atom. The van der Waals surface area contributed by atoms with E-state index in [4.69, 9.17) is 21.1 Å². The molecule has 6 nitrogen and oxygen atoms in total. The molecule has 2 aromatic carbocycles. The Morgan fingerprint density at radius 1 is 1.03 bits per heavy atom. The van der Waals surface area contributed by atoms with Gasteiger partial charge in [0.05, 0.1) is 11.7 Å². The standard InChI is InChI=1S/C27H31ClN2O4/c1-4-5-6-7-24(31)33-18-27(2,3)25(32)26(30-17-16-29-19-30)34-23-14-10-21(11-15-23)20-8-12-22(28)13-9-20/h8-17,19,26H,4-7,18H2,1-3H3. The van der Waals surface area contributed by atoms with Crippen molar-refractivity contribution in [3.8, 4) is 16.9 Å². The number of aromatic nitrogens is 2. The molecule has 0 saturated carbocycles. The van der Waals surface area contributed by atoms with Gasteiger partial charge in [-0.25, -0.2) is 4.98 Å². The third kappa shape index (κ3) is 6.94. The lowest BCUT2D eigenvalue weighted by atomic mass is 9.88. The second kappa shape index (κ2) is 11.8. The van der Waals surface area contributed by atoms with E-state index in [1.54, 1.807) is 30.8 Å². The first-order valence-electron chi connectivity index (χ1n) is 11.5. The highest BCUT2D eigenvalue weighted by Gasteiger charge is 2.37. The van der Waals surface area contributed by atoms with Crippen molar-refractivity contribution < 1.29 is 19.1 Å². The van der Waals surface area contributed by atoms with Crippen LogP contribution in [0.2, 0.25) is 5.02 Å². The van der Waals surface area contributed by atoms with E-state index in [1.165, 1.54) is 6.33 Å². The van der Waals surface area contributed by atoms with Gasteiger partial charge in [0.15, 0.2) is 0 Å². The van der Waals surface area contributed by atoms with Crippen LogP contribution < -0.4 is 4.74 Å². The van der Waals surface area contributed by atoms with Crippen LogP contribution in [0.4, 0.5) is 0 Å². The van der Waals surface area contributed by atoms with Crippen LogP contribution in [0.25, 0.3) is 11.1 Å². The largest absolute Gasteiger partial charge is 0.465 e. The highest BCUT2D eigenvalue weighted by molar-refractivity contribution is 6.30. The zero-order chi connectivity index (χ0) is 24.6. The summed E-state index contributed by atoms with van der Waals surface area (Å²) in [5, 5.41) is 0.680. The fraction of sp³-hybridized carbons (Fsp3) is 0.370. The summed E-state index contributed by atoms with van der Waals surface area (Å²) in [6.45, 7) is 5.58. The predicted octanol–water partition coefficient (Wildman–Crippen LogP) is 6.50. The Bertz CT molecular complexity index is 1060. The summed E-state index contributed by atoms with van der Waals surface area (Å²) in [4.78, 5) is 29.6. The number of rotatable bonds is 12. The number of esters is 1. The average Bonchev–Trinajstić information content (AvgIpc) is 3.37. The van der Waals surface area contributed by atoms with Gasteiger partial charge in [0.1, 0.15) is 12.4 Å². The lowest BCUT2D eigenvalue weighted by Crippen LogP contribution is -2.39. The maximum Gasteiger partial charge on any atom is 0.305 e. The number of hydrogen-bond donors (Lipinski definition) is 0. The molecule has 0 N–H and O–H groups in total. The normalized spacial score (nSPS) is 12.2. The monoisotopic (exact) mass is 482 g/mol. The van der Waals surface area contributed by atoms with E-state index in [0.717, 1.165) is 30.4 Å². The molecule has 0 bridgehead atoms. The van der Waals surface area contributed by atoms with Gasteiger partial charge in [-0.05, 0) is 55.7 Å². The summed E-state index contributed by atoms with van der Waals surface area (Å²) in [5.74, 6) is 0.0398. The summed E-state index contributed by atoms with van der Waals surface area (Å²) in [6.07, 6.45) is 7.02. The van der Waals surface area contributed by atoms with Gasteiger partial charge in [0.25, 0.3) is 0 Å². The molecule has 0 amide bonds. The van der Waals surface area contributed by atoms with E-state index >= 15 is 0 Å². The summed E-state index contributed by atoms with van der Waals surface area (Å²) < 4.78 is 13.1. The zero-order valence-electron chi connectivity index (χ0n) is 19.9. The molecule has 3 rings (SSSR count). The van der Waals surface area contributed by atoms with Gasteiger partial charge < -0.3 is 9.47 Å². The number of carbonyl (C=O) groups is 2. The highest BCUT2D eigenvalue weighted by Crippen LogP contribution is 2.30. The van der Waals surface area contributed by atoms with Crippen molar-refractivity contribution in [1.82, 2.24) is 9.55 Å². The molecule has 1 aromatic heterocycles. The van der Waals surface area contributed by atoms with E-state index in [0.29, 0.717) is 17.2 Å². The van der Waals surface area contributed by atoms with Crippen LogP contribution in [0, 0.1) is 5.41 Å². The average molecular weight is 483 g/mol. The molecule has 0 saturated heterocycles. The van der Waals surface area contributed by atoms with Crippen LogP contribution in [0.3, 0.4) is 0 Å². The van der Waals surface area contributed by atoms with E-state index < -0.39 is 11.6 Å². The van der Waals surface area contributed by atoms with Gasteiger partial charge in [-0.2, -0.15) is 0 Å². The molecule has 1 unspecified atom stereocenters. The number of carbonyl (C=O) groups excluding carboxylic acids is 2. The molecule has 3 aromatic rings. The Hall–Kier alpha value is -3.12. The van der Waals surface area contributed by atoms with Crippen molar-refractivity contribution in [3.05, 3.63) is 72.3 Å². The van der Waals surface area contributed by atoms with Gasteiger partial charge >= 0.3 is 5.97 Å². The molecule has 0 fully saturated rings. The highest BCUT2D eigenvalue weighted by atomic mass is 35.5. The third-order valence-electron chi connectivity index (χ3n) is 5.55. The van der Waals surface area contributed by atoms with Crippen molar-refractivity contribution in [3.63, 3.8) is 0 Å². The Labute approximate surface area is 205 Å². The van der Waals surface area contributed by atoms with Crippen LogP contribution in [0.5, 0.6) is 5.75 Å². The Balaban J connectivity index is 1.71. The van der Waals surface area contributed by atoms with E-state index in [1.807, 2.05) is 48.5 Å². The number of ether oxygens (including phenoxy) is 2. The SMILES string of the molecule is CCCCCC(=O)OCC(C)(C)C(=O)C(Oc1ccc(-c2ccc(Cl)cc2)cc1)n1ccnc1. The fourth-order valence-electron chi connectivity index (χ4n) is 3.41. The molecule has 7 heteroatoms. The first-order valence-corrected chi connectivity index (χ1v) is 11.9. The molecule has 1 heterocycles. The van der Waals surface area contributed by atoms with E-state index in [-0.39, 0.29) is 18.4 Å². The smallest absolute Gasteiger partial charge is 0.305 e. The number of halogens is 1. The number of benzene rings is 2. The lowest BCUT2D eigenvalue weighted by Gasteiger charge is -2.28. The van der Waals surface area contributed by atoms with Crippen LogP contribution in [-0.4, -0.2) is 27.9 Å². The van der Waals surface area contributed by atoms with E-state index in [2.05, 4.69) is 11.9 Å². The second-order valence-corrected chi connectivity index (χ2v) is 9.31. The Kier molecular flexibility index (Phi) is 8.88. The molecule has 0 aliphatic heterocycles. The first-order chi connectivity index (χ1) is 16.3. The molecular weight excluding hydrogens is 452 g/mol. The minimum absolute atomic E-state index is 0.0130. The van der Waals surface area contributed by atoms with Crippen molar-refractivity contribution in [2.24, 2.45) is 5.41 Å². The minimum Gasteiger partial charge on any atom is -0.465 e. The lowest BCUT2D eigenvalue weighted by molar-refractivity contribution is -0.152. The van der Waals surface area contributed by atoms with Crippen molar-refractivity contribution in [2.75, 3.05) is 6.61 Å². The van der Waals surface area contributed by atoms with E-state index in [9.17, 15) is 9.59 Å². The number of ketones is 1. The number of imidazole rings is 1. The Morgan fingerprint density at radius 3 is 2.26 bits per heavy atom. The van der Waals surface area contributed by atoms with Gasteiger partial charge in [0.2, 0.25) is 12.0 Å². The molecule has 34 heavy (non-hydrogen) atoms. The number of hydrogen-bond acceptors (Lipinski definition) is 5. The number of nitrogens with zero attached hydrogens (tertiary/aromatic N) is 2. The minimum atomic E-state index is -0.947. The summed E-state index contributed by atoms with van der Waals surface area (Å²) >= 11 is 5.98. The van der Waals surface area contributed by atoms with Gasteiger partial charge in [-0.1, -0.05) is 55.6 Å². The summed E-state index contributed by atoms with van der Waals surface area (Å²) in [6, 6.07) is 15.1. The molecule has 0 radical (unpaired) electrons. The number of Topliss-reactive ketones (excluding diaryl/α,β-unsaturated/α-hetero) is 1. The molecular formula is C27H31ClN2O4. The molecule has 0 aliphatic carbocycles. The van der Waals surface area contributed by atoms with Crippen LogP contribution in [0.15, 0.2) is 67.3 Å². The third-order valence-corrected chi connectivity index (χ3v) is 5.80. The van der Waals surface area contributed by atoms with Crippen LogP contribution in [-0.2, 0) is 14.3 Å². The quantitative estimate of drug-likeness (QED) is 0.217. The first kappa shape index (κ1) is 25.5. The maximum atomic E-state index is 13.5. The van der Waals surface area contributed by atoms with Gasteiger partial charge in [0, 0.05) is 23.8 Å². The predicted molar refractivity (Wildman–Crippen MR) is 133 cm³/mol. The van der Waals surface area contributed by atoms with Crippen molar-refractivity contribution >= 4 is 23.4 Å². The van der Waals surface area contributed by atoms with Crippen LogP contribution >= 0.6 is 11.6 Å². The summed E-state index contributed by atoms with van der Waals surface area (Å²) in [5.41, 5.74) is 1.09. The van der Waals surface area contributed by atoms with Crippen molar-refractivity contribution in [2.45, 2.75) is 52.7 Å². The molecule has 0 spiro atoms. The van der Waals surface area contributed by atoms with Crippen LogP contribution in [0.1, 0.15) is 52.7 Å². The fourth-order valence-corrected chi connectivity index (χ4v) is 3.54. The molecule has 0 aliphatic rings.